The Balaban J connectivity index is 3.12. The fourth-order valence-electron chi connectivity index (χ4n) is 7.67. The van der Waals surface area contributed by atoms with Crippen LogP contribution in [0.3, 0.4) is 0 Å². The lowest BCUT2D eigenvalue weighted by Gasteiger charge is -2.48. The van der Waals surface area contributed by atoms with E-state index in [4.69, 9.17) is 80.5 Å². The predicted octanol–water partition coefficient (Wildman–Crippen LogP) is -1.86. The van der Waals surface area contributed by atoms with Gasteiger partial charge in [0.15, 0.2) is 6.29 Å². The molecule has 32 heteroatoms. The highest BCUT2D eigenvalue weighted by atomic mass is 16.8. The van der Waals surface area contributed by atoms with E-state index < -0.39 is 252 Å². The lowest BCUT2D eigenvalue weighted by Crippen LogP contribution is -2.65. The van der Waals surface area contributed by atoms with E-state index in [2.05, 4.69) is 46.1 Å². The number of hydrogen-bond donors (Lipinski definition) is 8. The minimum Gasteiger partial charge on any atom is -0.460 e. The van der Waals surface area contributed by atoms with E-state index in [0.717, 1.165) is 0 Å². The highest BCUT2D eigenvalue weighted by Gasteiger charge is 2.62. The summed E-state index contributed by atoms with van der Waals surface area (Å²) in [6.45, 7) is 21.3. The number of rotatable bonds is 47. The third-order valence-corrected chi connectivity index (χ3v) is 12.4. The third-order valence-electron chi connectivity index (χ3n) is 12.4. The minimum absolute atomic E-state index is 0.0103. The summed E-state index contributed by atoms with van der Waals surface area (Å²) in [4.78, 5) is 86.6. The number of esters is 7. The smallest absolute Gasteiger partial charge is 0.333 e. The van der Waals surface area contributed by atoms with Crippen molar-refractivity contribution in [2.75, 3.05) is 112 Å². The number of carbonyl (C=O) groups excluding carboxylic acids is 7. The van der Waals surface area contributed by atoms with Crippen LogP contribution in [0.5, 0.6) is 0 Å². The van der Waals surface area contributed by atoms with Gasteiger partial charge in [-0.05, 0) is 48.5 Å². The zero-order valence-corrected chi connectivity index (χ0v) is 53.5. The summed E-state index contributed by atoms with van der Waals surface area (Å²) in [5.41, 5.74) is -0.158. The SMILES string of the molecule is C=C(C)C(=O)OCC(O)COC[C@H]1O[C@@](COCC(O)COC(=O)C(=C)C)(O[C@H]2O[C@H](CO)[C@@H](OCC(O)COC(=O)C(=C)C)[C@H](OCC(O)COC(=O)C(=C)C)[C@H]2OCC(O)COC(=O)C(=C)C)[C@@H](OCC(O)COC(=O)C(=C)C)[C@@H]1OCC(O)COC(=O)C(=C)C. The van der Waals surface area contributed by atoms with Gasteiger partial charge in [0.1, 0.15) is 138 Å². The summed E-state index contributed by atoms with van der Waals surface area (Å²) in [7, 11) is 0. The Bertz CT molecular complexity index is 2530. The highest BCUT2D eigenvalue weighted by molar-refractivity contribution is 5.89. The molecule has 93 heavy (non-hydrogen) atoms. The molecule has 2 heterocycles. The van der Waals surface area contributed by atoms with Gasteiger partial charge in [-0.2, -0.15) is 0 Å². The van der Waals surface area contributed by atoms with Crippen molar-refractivity contribution < 1.29 is 155 Å². The second-order valence-corrected chi connectivity index (χ2v) is 22.0. The van der Waals surface area contributed by atoms with Gasteiger partial charge in [-0.25, -0.2) is 33.6 Å². The van der Waals surface area contributed by atoms with Crippen LogP contribution in [-0.2, 0) is 114 Å². The Labute approximate surface area is 538 Å². The van der Waals surface area contributed by atoms with Gasteiger partial charge in [0.25, 0.3) is 0 Å². The Kier molecular flexibility index (Phi) is 37.6. The summed E-state index contributed by atoms with van der Waals surface area (Å²) >= 11 is 0. The monoisotopic (exact) mass is 1340 g/mol. The van der Waals surface area contributed by atoms with Crippen LogP contribution < -0.4 is 0 Å². The quantitative estimate of drug-likeness (QED) is 0.0188. The van der Waals surface area contributed by atoms with E-state index in [1.54, 1.807) is 0 Å². The Morgan fingerprint density at radius 3 is 0.968 bits per heavy atom. The molecule has 2 aliphatic heterocycles. The van der Waals surface area contributed by atoms with E-state index in [9.17, 15) is 74.4 Å². The van der Waals surface area contributed by atoms with Gasteiger partial charge in [0, 0.05) is 39.0 Å². The normalized spacial score (nSPS) is 23.3. The Morgan fingerprint density at radius 2 is 0.645 bits per heavy atom. The van der Waals surface area contributed by atoms with Gasteiger partial charge in [0.2, 0.25) is 5.79 Å². The molecule has 2 rings (SSSR count). The van der Waals surface area contributed by atoms with Crippen molar-refractivity contribution in [2.24, 2.45) is 0 Å². The van der Waals surface area contributed by atoms with E-state index in [0.29, 0.717) is 0 Å². The molecule has 0 spiro atoms. The fraction of sp³-hybridized carbons (Fsp3) is 0.656. The summed E-state index contributed by atoms with van der Waals surface area (Å²) < 4.78 is 99.3. The van der Waals surface area contributed by atoms with Crippen molar-refractivity contribution in [3.8, 4) is 0 Å². The van der Waals surface area contributed by atoms with E-state index in [1.807, 2.05) is 0 Å². The largest absolute Gasteiger partial charge is 0.460 e. The topological polar surface area (TPSA) is 438 Å². The summed E-state index contributed by atoms with van der Waals surface area (Å²) in [5, 5.41) is 89.3. The molecular formula is C61H92O32. The highest BCUT2D eigenvalue weighted by Crippen LogP contribution is 2.42. The van der Waals surface area contributed by atoms with Crippen LogP contribution in [0.2, 0.25) is 0 Å². The summed E-state index contributed by atoms with van der Waals surface area (Å²) in [6.07, 6.45) is -25.9. The number of carbonyl (C=O) groups is 7. The molecule has 0 bridgehead atoms. The first kappa shape index (κ1) is 82.8. The molecule has 32 nitrogen and oxygen atoms in total. The number of aliphatic hydroxyl groups is 8. The molecule has 2 fully saturated rings. The lowest BCUT2D eigenvalue weighted by atomic mass is 9.97. The molecule has 0 aromatic heterocycles. The first-order valence-electron chi connectivity index (χ1n) is 29.0. The number of aliphatic hydroxyl groups excluding tert-OH is 8. The molecular weight excluding hydrogens is 1240 g/mol. The van der Waals surface area contributed by atoms with E-state index in [-0.39, 0.29) is 39.0 Å². The van der Waals surface area contributed by atoms with Crippen molar-refractivity contribution >= 4 is 41.8 Å². The van der Waals surface area contributed by atoms with Crippen molar-refractivity contribution in [3.05, 3.63) is 85.1 Å². The molecule has 0 radical (unpaired) electrons. The summed E-state index contributed by atoms with van der Waals surface area (Å²) in [5.74, 6) is -8.90. The van der Waals surface area contributed by atoms with Crippen LogP contribution in [0.1, 0.15) is 48.5 Å². The van der Waals surface area contributed by atoms with Gasteiger partial charge in [-0.3, -0.25) is 0 Å². The molecule has 0 aromatic rings. The van der Waals surface area contributed by atoms with Crippen LogP contribution in [0.25, 0.3) is 0 Å². The molecule has 16 atom stereocenters. The summed E-state index contributed by atoms with van der Waals surface area (Å²) in [6, 6.07) is 0. The molecule has 7 unspecified atom stereocenters. The minimum atomic E-state index is -2.70. The molecule has 0 saturated carbocycles. The predicted molar refractivity (Wildman–Crippen MR) is 317 cm³/mol. The van der Waals surface area contributed by atoms with E-state index >= 15 is 0 Å². The zero-order valence-electron chi connectivity index (χ0n) is 53.5. The Morgan fingerprint density at radius 1 is 0.366 bits per heavy atom. The van der Waals surface area contributed by atoms with Crippen molar-refractivity contribution in [1.29, 1.82) is 0 Å². The van der Waals surface area contributed by atoms with Crippen LogP contribution in [0.15, 0.2) is 85.1 Å². The third kappa shape index (κ3) is 30.4. The lowest BCUT2D eigenvalue weighted by molar-refractivity contribution is -0.397. The van der Waals surface area contributed by atoms with Crippen LogP contribution in [0, 0.1) is 0 Å². The first-order valence-corrected chi connectivity index (χ1v) is 29.0. The molecule has 0 aliphatic carbocycles. The number of hydrogen-bond acceptors (Lipinski definition) is 32. The molecule has 0 amide bonds. The maximum atomic E-state index is 12.5. The van der Waals surface area contributed by atoms with Crippen LogP contribution >= 0.6 is 0 Å². The maximum Gasteiger partial charge on any atom is 0.333 e. The fourth-order valence-corrected chi connectivity index (χ4v) is 7.67. The molecule has 528 valence electrons. The van der Waals surface area contributed by atoms with E-state index in [1.165, 1.54) is 48.5 Å². The van der Waals surface area contributed by atoms with Gasteiger partial charge >= 0.3 is 41.8 Å². The average molecular weight is 1340 g/mol. The standard InChI is InChI=1S/C61H92O32/c1-32(2)53(70)84-23-39(63)16-77-30-47-49(80-19-42(66)26-87-56(73)35(7)8)52(83-22-45(69)29-90-59(76)38(13)14)61(92-47,31-78-17-40(64)24-85-54(71)33(3)4)93-60-51(82-21-44(68)28-89-58(75)37(11)12)50(81-20-43(67)27-88-57(74)36(9)10)48(46(15-62)91-60)79-18-41(65)25-86-55(72)34(5)6/h39-52,60,62-69H,1,3,5,7,9,11,13,15-31H2,2,4,6,8,10,12,14H3/t39?,40?,41?,42?,43?,44?,45?,46-,47-,48-,49-,50+,51-,52+,60-,61+/m1/s1. The second kappa shape index (κ2) is 42.2. The molecule has 2 aliphatic rings. The van der Waals surface area contributed by atoms with Crippen molar-refractivity contribution in [1.82, 2.24) is 0 Å². The van der Waals surface area contributed by atoms with Crippen LogP contribution in [0.4, 0.5) is 0 Å². The van der Waals surface area contributed by atoms with Gasteiger partial charge < -0.3 is 121 Å². The van der Waals surface area contributed by atoms with Crippen molar-refractivity contribution in [3.63, 3.8) is 0 Å². The second-order valence-electron chi connectivity index (χ2n) is 22.0. The number of ether oxygens (including phenoxy) is 17. The van der Waals surface area contributed by atoms with Gasteiger partial charge in [-0.15, -0.1) is 0 Å². The maximum absolute atomic E-state index is 12.5. The molecule has 2 saturated heterocycles. The van der Waals surface area contributed by atoms with Gasteiger partial charge in [0.05, 0.1) is 59.5 Å². The first-order chi connectivity index (χ1) is 43.6. The van der Waals surface area contributed by atoms with Gasteiger partial charge in [-0.1, -0.05) is 46.1 Å². The Hall–Kier alpha value is -6.25. The molecule has 8 N–H and O–H groups in total. The van der Waals surface area contributed by atoms with Crippen molar-refractivity contribution in [2.45, 2.75) is 146 Å². The zero-order chi connectivity index (χ0) is 70.3. The average Bonchev–Trinajstić information content (AvgIpc) is 1.67. The molecule has 0 aromatic carbocycles. The van der Waals surface area contributed by atoms with Crippen LogP contribution in [-0.4, -0.2) is 292 Å².